The minimum absolute atomic E-state index is 0.0309. The summed E-state index contributed by atoms with van der Waals surface area (Å²) in [7, 11) is 0. The monoisotopic (exact) mass is 288 g/mol. The molecular weight excluding hydrogens is 264 g/mol. The summed E-state index contributed by atoms with van der Waals surface area (Å²) in [5.74, 6) is 0.0651. The molecule has 1 aromatic rings. The van der Waals surface area contributed by atoms with Crippen molar-refractivity contribution in [2.45, 2.75) is 45.6 Å². The Morgan fingerprint density at radius 2 is 1.95 bits per heavy atom. The fraction of sp³-hybridized carbons (Fsp3) is 0.529. The number of piperidine rings is 1. The molecular formula is C17H24N2O2. The van der Waals surface area contributed by atoms with Crippen LogP contribution in [0.2, 0.25) is 0 Å². The van der Waals surface area contributed by atoms with Gasteiger partial charge < -0.3 is 10.2 Å². The van der Waals surface area contributed by atoms with E-state index in [2.05, 4.69) is 17.1 Å². The first-order valence-corrected chi connectivity index (χ1v) is 7.71. The van der Waals surface area contributed by atoms with Crippen LogP contribution in [0, 0.1) is 0 Å². The lowest BCUT2D eigenvalue weighted by atomic mass is 10.0. The molecule has 2 rings (SSSR count). The molecule has 4 nitrogen and oxygen atoms in total. The normalized spacial score (nSPS) is 19.2. The Kier molecular flexibility index (Phi) is 5.51. The van der Waals surface area contributed by atoms with Gasteiger partial charge >= 0.3 is 0 Å². The van der Waals surface area contributed by atoms with Gasteiger partial charge in [-0.2, -0.15) is 0 Å². The van der Waals surface area contributed by atoms with Gasteiger partial charge in [0, 0.05) is 30.3 Å². The number of ketones is 1. The van der Waals surface area contributed by atoms with Crippen molar-refractivity contribution in [3.8, 4) is 0 Å². The number of nitrogens with one attached hydrogen (secondary N) is 1. The van der Waals surface area contributed by atoms with E-state index in [1.807, 2.05) is 0 Å². The van der Waals surface area contributed by atoms with Crippen molar-refractivity contribution in [1.29, 1.82) is 0 Å². The topological polar surface area (TPSA) is 49.4 Å². The molecule has 1 fully saturated rings. The summed E-state index contributed by atoms with van der Waals surface area (Å²) in [4.78, 5) is 25.6. The van der Waals surface area contributed by atoms with Crippen molar-refractivity contribution in [2.75, 3.05) is 18.4 Å². The molecule has 1 atom stereocenters. The molecule has 1 amide bonds. The molecule has 0 saturated carbocycles. The average Bonchev–Trinajstić information content (AvgIpc) is 2.47. The molecule has 21 heavy (non-hydrogen) atoms. The molecule has 4 heteroatoms. The lowest BCUT2D eigenvalue weighted by Crippen LogP contribution is -2.39. The minimum atomic E-state index is 0.0309. The highest BCUT2D eigenvalue weighted by molar-refractivity contribution is 5.95. The number of rotatable bonds is 5. The number of nitrogens with zero attached hydrogens (tertiary/aromatic N) is 1. The Balaban J connectivity index is 1.80. The van der Waals surface area contributed by atoms with Gasteiger partial charge in [0.15, 0.2) is 5.78 Å². The summed E-state index contributed by atoms with van der Waals surface area (Å²) < 4.78 is 0. The van der Waals surface area contributed by atoms with Gasteiger partial charge in [-0.05, 0) is 57.5 Å². The van der Waals surface area contributed by atoms with E-state index in [4.69, 9.17) is 0 Å². The molecule has 0 radical (unpaired) electrons. The maximum absolute atomic E-state index is 12.0. The van der Waals surface area contributed by atoms with Crippen LogP contribution in [0.25, 0.3) is 0 Å². The first-order chi connectivity index (χ1) is 10.1. The molecule has 1 N–H and O–H groups in total. The Morgan fingerprint density at radius 1 is 1.24 bits per heavy atom. The van der Waals surface area contributed by atoms with Gasteiger partial charge in [0.1, 0.15) is 0 Å². The van der Waals surface area contributed by atoms with Gasteiger partial charge in [-0.25, -0.2) is 0 Å². The highest BCUT2D eigenvalue weighted by Crippen LogP contribution is 2.16. The third-order valence-electron chi connectivity index (χ3n) is 4.14. The fourth-order valence-corrected chi connectivity index (χ4v) is 2.75. The van der Waals surface area contributed by atoms with E-state index in [-0.39, 0.29) is 11.7 Å². The van der Waals surface area contributed by atoms with Crippen LogP contribution in [-0.2, 0) is 4.79 Å². The summed E-state index contributed by atoms with van der Waals surface area (Å²) in [6.07, 6.45) is 4.28. The van der Waals surface area contributed by atoms with E-state index in [9.17, 15) is 9.59 Å². The molecule has 0 bridgehead atoms. The number of hydrogen-bond donors (Lipinski definition) is 1. The molecule has 114 valence electrons. The Bertz CT molecular complexity index is 496. The fourth-order valence-electron chi connectivity index (χ4n) is 2.75. The molecule has 1 saturated heterocycles. The van der Waals surface area contributed by atoms with E-state index >= 15 is 0 Å². The minimum Gasteiger partial charge on any atom is -0.326 e. The van der Waals surface area contributed by atoms with Crippen molar-refractivity contribution in [3.05, 3.63) is 29.8 Å². The predicted molar refractivity (Wildman–Crippen MR) is 84.6 cm³/mol. The first-order valence-electron chi connectivity index (χ1n) is 7.71. The maximum Gasteiger partial charge on any atom is 0.225 e. The molecule has 0 aromatic heterocycles. The van der Waals surface area contributed by atoms with Gasteiger partial charge in [0.05, 0.1) is 0 Å². The zero-order valence-corrected chi connectivity index (χ0v) is 12.9. The Hall–Kier alpha value is -1.68. The summed E-state index contributed by atoms with van der Waals surface area (Å²) in [5, 5.41) is 2.89. The molecule has 0 aliphatic carbocycles. The highest BCUT2D eigenvalue weighted by Gasteiger charge is 2.18. The van der Waals surface area contributed by atoms with E-state index in [0.29, 0.717) is 18.0 Å². The van der Waals surface area contributed by atoms with Crippen LogP contribution in [-0.4, -0.2) is 35.7 Å². The third-order valence-corrected chi connectivity index (χ3v) is 4.14. The number of carbonyl (C=O) groups is 2. The second kappa shape index (κ2) is 7.36. The van der Waals surface area contributed by atoms with Gasteiger partial charge in [-0.15, -0.1) is 0 Å². The molecule has 1 aliphatic rings. The SMILES string of the molecule is CC(=O)c1ccc(NC(=O)CCN2CCCC[C@@H]2C)cc1. The number of carbonyl (C=O) groups excluding carboxylic acids is 2. The van der Waals surface area contributed by atoms with Crippen molar-refractivity contribution in [1.82, 2.24) is 4.90 Å². The standard InChI is InChI=1S/C17H24N2O2/c1-13-5-3-4-11-19(13)12-10-17(21)18-16-8-6-15(7-9-16)14(2)20/h6-9,13H,3-5,10-12H2,1-2H3,(H,18,21)/t13-/m0/s1. The zero-order chi connectivity index (χ0) is 15.2. The lowest BCUT2D eigenvalue weighted by Gasteiger charge is -2.33. The van der Waals surface area contributed by atoms with Crippen molar-refractivity contribution in [2.24, 2.45) is 0 Å². The zero-order valence-electron chi connectivity index (χ0n) is 12.9. The second-order valence-electron chi connectivity index (χ2n) is 5.81. The van der Waals surface area contributed by atoms with E-state index < -0.39 is 0 Å². The summed E-state index contributed by atoms with van der Waals surface area (Å²) in [6.45, 7) is 5.69. The number of Topliss-reactive ketones (excluding diaryl/α,β-unsaturated/α-hetero) is 1. The van der Waals surface area contributed by atoms with Crippen molar-refractivity contribution >= 4 is 17.4 Å². The third kappa shape index (κ3) is 4.67. The number of benzene rings is 1. The van der Waals surface area contributed by atoms with Gasteiger partial charge in [-0.1, -0.05) is 6.42 Å². The molecule has 0 spiro atoms. The first kappa shape index (κ1) is 15.7. The predicted octanol–water partition coefficient (Wildman–Crippen LogP) is 3.09. The van der Waals surface area contributed by atoms with Gasteiger partial charge in [-0.3, -0.25) is 9.59 Å². The van der Waals surface area contributed by atoms with Gasteiger partial charge in [0.25, 0.3) is 0 Å². The second-order valence-corrected chi connectivity index (χ2v) is 5.81. The van der Waals surface area contributed by atoms with Crippen LogP contribution in [0.1, 0.15) is 49.9 Å². The van der Waals surface area contributed by atoms with Gasteiger partial charge in [0.2, 0.25) is 5.91 Å². The largest absolute Gasteiger partial charge is 0.326 e. The van der Waals surface area contributed by atoms with Crippen LogP contribution < -0.4 is 5.32 Å². The average molecular weight is 288 g/mol. The lowest BCUT2D eigenvalue weighted by molar-refractivity contribution is -0.116. The highest BCUT2D eigenvalue weighted by atomic mass is 16.1. The smallest absolute Gasteiger partial charge is 0.225 e. The van der Waals surface area contributed by atoms with Crippen molar-refractivity contribution < 1.29 is 9.59 Å². The summed E-state index contributed by atoms with van der Waals surface area (Å²) >= 11 is 0. The summed E-state index contributed by atoms with van der Waals surface area (Å²) in [6, 6.07) is 7.62. The number of hydrogen-bond acceptors (Lipinski definition) is 3. The van der Waals surface area contributed by atoms with E-state index in [0.717, 1.165) is 18.8 Å². The van der Waals surface area contributed by atoms with Crippen LogP contribution in [0.15, 0.2) is 24.3 Å². The van der Waals surface area contributed by atoms with Crippen LogP contribution in [0.4, 0.5) is 5.69 Å². The quantitative estimate of drug-likeness (QED) is 0.847. The maximum atomic E-state index is 12.0. The Morgan fingerprint density at radius 3 is 2.57 bits per heavy atom. The van der Waals surface area contributed by atoms with Crippen molar-refractivity contribution in [3.63, 3.8) is 0 Å². The summed E-state index contributed by atoms with van der Waals surface area (Å²) in [5.41, 5.74) is 1.41. The van der Waals surface area contributed by atoms with Crippen LogP contribution >= 0.6 is 0 Å². The Labute approximate surface area is 126 Å². The van der Waals surface area contributed by atoms with Crippen LogP contribution in [0.3, 0.4) is 0 Å². The number of anilines is 1. The molecule has 1 heterocycles. The molecule has 0 unspecified atom stereocenters. The van der Waals surface area contributed by atoms with E-state index in [1.165, 1.54) is 26.2 Å². The van der Waals surface area contributed by atoms with E-state index in [1.54, 1.807) is 24.3 Å². The number of amides is 1. The number of likely N-dealkylation sites (tertiary alicyclic amines) is 1. The van der Waals surface area contributed by atoms with Crippen LogP contribution in [0.5, 0.6) is 0 Å². The molecule has 1 aliphatic heterocycles. The molecule has 1 aromatic carbocycles.